The predicted molar refractivity (Wildman–Crippen MR) is 181 cm³/mol. The van der Waals surface area contributed by atoms with Gasteiger partial charge in [-0.15, -0.1) is 6.58 Å². The van der Waals surface area contributed by atoms with Crippen molar-refractivity contribution in [2.45, 2.75) is 122 Å². The number of benzene rings is 1. The number of aliphatic hydroxyl groups excluding tert-OH is 2. The van der Waals surface area contributed by atoms with Gasteiger partial charge < -0.3 is 33.3 Å². The molecule has 0 bridgehead atoms. The summed E-state index contributed by atoms with van der Waals surface area (Å²) >= 11 is 0. The van der Waals surface area contributed by atoms with Crippen LogP contribution in [0.5, 0.6) is 5.75 Å². The molecule has 0 aliphatic carbocycles. The Morgan fingerprint density at radius 2 is 1.56 bits per heavy atom. The smallest absolute Gasteiger partial charge is 0.192 e. The predicted octanol–water partition coefficient (Wildman–Crippen LogP) is 7.19. The van der Waals surface area contributed by atoms with E-state index in [9.17, 15) is 10.2 Å². The minimum Gasteiger partial charge on any atom is -0.497 e. The molecule has 0 spiro atoms. The fourth-order valence-electron chi connectivity index (χ4n) is 4.97. The van der Waals surface area contributed by atoms with Crippen LogP contribution in [0.4, 0.5) is 0 Å². The van der Waals surface area contributed by atoms with Gasteiger partial charge in [0.15, 0.2) is 16.6 Å². The van der Waals surface area contributed by atoms with Gasteiger partial charge in [-0.3, -0.25) is 0 Å². The number of epoxide rings is 1. The molecule has 1 aliphatic heterocycles. The van der Waals surface area contributed by atoms with E-state index < -0.39 is 46.3 Å². The third kappa shape index (κ3) is 9.48. The van der Waals surface area contributed by atoms with Crippen molar-refractivity contribution >= 4 is 16.6 Å². The number of aliphatic hydroxyl groups is 2. The molecule has 1 heterocycles. The summed E-state index contributed by atoms with van der Waals surface area (Å²) < 4.78 is 31.9. The summed E-state index contributed by atoms with van der Waals surface area (Å²) in [5.74, 6) is -0.0208. The van der Waals surface area contributed by atoms with Crippen LogP contribution in [0.25, 0.3) is 0 Å². The first-order chi connectivity index (χ1) is 19.6. The maximum absolute atomic E-state index is 11.8. The van der Waals surface area contributed by atoms with Gasteiger partial charge >= 0.3 is 0 Å². The summed E-state index contributed by atoms with van der Waals surface area (Å²) in [6.45, 7) is 31.5. The van der Waals surface area contributed by atoms with Gasteiger partial charge in [-0.2, -0.15) is 0 Å². The second kappa shape index (κ2) is 14.6. The van der Waals surface area contributed by atoms with Crippen LogP contribution in [0.15, 0.2) is 36.9 Å². The third-order valence-corrected chi connectivity index (χ3v) is 19.2. The standard InChI is InChI=1S/C34H62O7Si2/c1-15-26(20-35)29(36)28(23-39-42(11,12)32(3,4)5)31(41-43(13,14)33(6,7)8)34(9)30(40-34)24(2)21-38-22-25-16-18-27(37-10)19-17-25/h15-19,24,26,28-31,35-36H,1,20-23H2,2-14H3/t24-,26-,28-,29+,30+,31-,34-/m0/s1. The van der Waals surface area contributed by atoms with Gasteiger partial charge in [0.25, 0.3) is 0 Å². The van der Waals surface area contributed by atoms with Crippen LogP contribution in [-0.4, -0.2) is 77.7 Å². The summed E-state index contributed by atoms with van der Waals surface area (Å²) in [6, 6.07) is 7.89. The van der Waals surface area contributed by atoms with E-state index in [2.05, 4.69) is 88.2 Å². The Balaban J connectivity index is 2.37. The monoisotopic (exact) mass is 638 g/mol. The first-order valence-electron chi connectivity index (χ1n) is 15.8. The number of hydrogen-bond acceptors (Lipinski definition) is 7. The molecule has 0 unspecified atom stereocenters. The summed E-state index contributed by atoms with van der Waals surface area (Å²) in [5.41, 5.74) is 0.430. The molecule has 248 valence electrons. The van der Waals surface area contributed by atoms with Gasteiger partial charge in [-0.1, -0.05) is 66.7 Å². The second-order valence-corrected chi connectivity index (χ2v) is 25.2. The molecule has 1 aromatic rings. The first-order valence-corrected chi connectivity index (χ1v) is 21.6. The summed E-state index contributed by atoms with van der Waals surface area (Å²) in [6.07, 6.45) is 0.162. The van der Waals surface area contributed by atoms with E-state index in [4.69, 9.17) is 23.1 Å². The van der Waals surface area contributed by atoms with Crippen molar-refractivity contribution in [1.29, 1.82) is 0 Å². The van der Waals surface area contributed by atoms with Crippen LogP contribution >= 0.6 is 0 Å². The van der Waals surface area contributed by atoms with Gasteiger partial charge in [0, 0.05) is 24.4 Å². The molecule has 43 heavy (non-hydrogen) atoms. The zero-order chi connectivity index (χ0) is 33.0. The quantitative estimate of drug-likeness (QED) is 0.106. The second-order valence-electron chi connectivity index (χ2n) is 15.7. The van der Waals surface area contributed by atoms with Crippen LogP contribution in [-0.2, 0) is 24.9 Å². The lowest BCUT2D eigenvalue weighted by molar-refractivity contribution is -0.0597. The molecule has 1 saturated heterocycles. The molecule has 7 atom stereocenters. The van der Waals surface area contributed by atoms with Crippen molar-refractivity contribution in [3.8, 4) is 5.75 Å². The van der Waals surface area contributed by atoms with E-state index in [0.29, 0.717) is 19.8 Å². The van der Waals surface area contributed by atoms with E-state index in [1.54, 1.807) is 13.2 Å². The van der Waals surface area contributed by atoms with Gasteiger partial charge in [0.1, 0.15) is 11.4 Å². The molecule has 1 aromatic carbocycles. The summed E-state index contributed by atoms with van der Waals surface area (Å²) in [4.78, 5) is 0. The maximum atomic E-state index is 11.8. The van der Waals surface area contributed by atoms with E-state index >= 15 is 0 Å². The van der Waals surface area contributed by atoms with Crippen molar-refractivity contribution in [1.82, 2.24) is 0 Å². The molecule has 2 rings (SSSR count). The SMILES string of the molecule is C=C[C@@H](CO)[C@@H](O)[C@H](CO[Si](C)(C)C(C)(C)C)[C@H](O[Si](C)(C)C(C)(C)C)[C@@]1(C)O[C@@H]1[C@@H](C)COCc1ccc(OC)cc1. The average Bonchev–Trinajstić information content (AvgIpc) is 3.60. The van der Waals surface area contributed by atoms with Gasteiger partial charge in [-0.05, 0) is 60.9 Å². The lowest BCUT2D eigenvalue weighted by Crippen LogP contribution is -2.56. The van der Waals surface area contributed by atoms with Crippen molar-refractivity contribution < 1.29 is 33.3 Å². The minimum atomic E-state index is -2.32. The number of hydrogen-bond donors (Lipinski definition) is 2. The molecule has 0 amide bonds. The van der Waals surface area contributed by atoms with Crippen LogP contribution in [0.3, 0.4) is 0 Å². The Hall–Kier alpha value is -1.05. The lowest BCUT2D eigenvalue weighted by atomic mass is 9.80. The first kappa shape index (κ1) is 38.1. The summed E-state index contributed by atoms with van der Waals surface area (Å²) in [7, 11) is -2.82. The van der Waals surface area contributed by atoms with Crippen LogP contribution in [0.2, 0.25) is 36.3 Å². The van der Waals surface area contributed by atoms with E-state index in [1.165, 1.54) is 0 Å². The molecule has 0 radical (unpaired) electrons. The molecule has 7 nitrogen and oxygen atoms in total. The summed E-state index contributed by atoms with van der Waals surface area (Å²) in [5, 5.41) is 21.9. The van der Waals surface area contributed by atoms with Crippen LogP contribution < -0.4 is 4.74 Å². The third-order valence-electron chi connectivity index (χ3n) is 10.2. The minimum absolute atomic E-state index is 0.00532. The van der Waals surface area contributed by atoms with Gasteiger partial charge in [0.2, 0.25) is 0 Å². The zero-order valence-electron chi connectivity index (χ0n) is 29.3. The maximum Gasteiger partial charge on any atom is 0.192 e. The van der Waals surface area contributed by atoms with Gasteiger partial charge in [0.05, 0.1) is 45.2 Å². The highest BCUT2D eigenvalue weighted by Gasteiger charge is 2.64. The topological polar surface area (TPSA) is 89.9 Å². The van der Waals surface area contributed by atoms with Crippen LogP contribution in [0, 0.1) is 17.8 Å². The molecule has 1 aliphatic rings. The number of methoxy groups -OCH3 is 1. The van der Waals surface area contributed by atoms with E-state index in [-0.39, 0.29) is 28.7 Å². The fraction of sp³-hybridized carbons (Fsp3) is 0.765. The zero-order valence-corrected chi connectivity index (χ0v) is 31.3. The van der Waals surface area contributed by atoms with Crippen LogP contribution in [0.1, 0.15) is 61.0 Å². The molecule has 0 aromatic heterocycles. The molecule has 0 saturated carbocycles. The average molecular weight is 639 g/mol. The molecular formula is C34H62O7Si2. The Morgan fingerprint density at radius 1 is 1.00 bits per heavy atom. The molecule has 1 fully saturated rings. The van der Waals surface area contributed by atoms with Gasteiger partial charge in [-0.25, -0.2) is 0 Å². The largest absolute Gasteiger partial charge is 0.497 e. The Bertz CT molecular complexity index is 1020. The highest BCUT2D eigenvalue weighted by molar-refractivity contribution is 6.74. The van der Waals surface area contributed by atoms with Crippen molar-refractivity contribution in [3.05, 3.63) is 42.5 Å². The highest BCUT2D eigenvalue weighted by atomic mass is 28.4. The Kier molecular flexibility index (Phi) is 12.9. The van der Waals surface area contributed by atoms with E-state index in [1.807, 2.05) is 24.3 Å². The Morgan fingerprint density at radius 3 is 2.02 bits per heavy atom. The normalized spacial score (nSPS) is 23.3. The van der Waals surface area contributed by atoms with Crippen molar-refractivity contribution in [3.63, 3.8) is 0 Å². The van der Waals surface area contributed by atoms with E-state index in [0.717, 1.165) is 11.3 Å². The molecule has 9 heteroatoms. The van der Waals surface area contributed by atoms with Crippen molar-refractivity contribution in [2.75, 3.05) is 26.9 Å². The molecular weight excluding hydrogens is 577 g/mol. The lowest BCUT2D eigenvalue weighted by Gasteiger charge is -2.46. The van der Waals surface area contributed by atoms with Crippen molar-refractivity contribution in [2.24, 2.45) is 17.8 Å². The highest BCUT2D eigenvalue weighted by Crippen LogP contribution is 2.51. The number of rotatable bonds is 17. The molecule has 2 N–H and O–H groups in total. The number of ether oxygens (including phenoxy) is 3. The Labute approximate surface area is 264 Å². The fourth-order valence-corrected chi connectivity index (χ4v) is 7.41.